The first-order valence-corrected chi connectivity index (χ1v) is 12.9. The topological polar surface area (TPSA) is 109 Å². The quantitative estimate of drug-likeness (QED) is 0.401. The van der Waals surface area contributed by atoms with Gasteiger partial charge in [-0.3, -0.25) is 14.4 Å². The second-order valence-corrected chi connectivity index (χ2v) is 10.1. The Hall–Kier alpha value is -4.07. The number of carbonyl (C=O) groups excluding carboxylic acids is 1. The van der Waals surface area contributed by atoms with Crippen LogP contribution in [0.1, 0.15) is 70.3 Å². The number of aliphatic carboxylic acids is 1. The molecular weight excluding hydrogens is 482 g/mol. The average Bonchev–Trinajstić information content (AvgIpc) is 2.91. The van der Waals surface area contributed by atoms with E-state index in [4.69, 9.17) is 5.11 Å². The highest BCUT2D eigenvalue weighted by molar-refractivity contribution is 5.94. The molecule has 1 N–H and O–H groups in total. The van der Waals surface area contributed by atoms with Gasteiger partial charge in [-0.15, -0.1) is 0 Å². The molecule has 2 unspecified atom stereocenters. The van der Waals surface area contributed by atoms with Gasteiger partial charge in [0.1, 0.15) is 6.04 Å². The lowest BCUT2D eigenvalue weighted by molar-refractivity contribution is -0.138. The Balaban J connectivity index is 1.57. The molecule has 0 saturated carbocycles. The van der Waals surface area contributed by atoms with Crippen LogP contribution < -0.4 is 5.56 Å². The van der Waals surface area contributed by atoms with Crippen LogP contribution in [0.5, 0.6) is 0 Å². The van der Waals surface area contributed by atoms with Crippen LogP contribution in [0.2, 0.25) is 0 Å². The van der Waals surface area contributed by atoms with E-state index in [1.54, 1.807) is 24.2 Å². The molecule has 1 aliphatic heterocycles. The Kier molecular flexibility index (Phi) is 8.51. The van der Waals surface area contributed by atoms with Crippen molar-refractivity contribution in [3.8, 4) is 0 Å². The van der Waals surface area contributed by atoms with E-state index in [0.29, 0.717) is 43.5 Å². The number of carbonyl (C=O) groups is 2. The van der Waals surface area contributed by atoms with Crippen LogP contribution in [0, 0.1) is 17.7 Å². The van der Waals surface area contributed by atoms with Gasteiger partial charge in [-0.2, -0.15) is 4.91 Å². The average molecular weight is 516 g/mol. The van der Waals surface area contributed by atoms with Crippen molar-refractivity contribution in [1.29, 1.82) is 0 Å². The van der Waals surface area contributed by atoms with E-state index < -0.39 is 12.0 Å². The molecular formula is C30H33N3O5. The molecule has 2 heterocycles. The molecule has 0 bridgehead atoms. The number of aromatic nitrogens is 1. The number of hydrogen-bond acceptors (Lipinski definition) is 5. The molecule has 0 radical (unpaired) electrons. The second kappa shape index (κ2) is 12.0. The summed E-state index contributed by atoms with van der Waals surface area (Å²) in [7, 11) is 1.65. The minimum Gasteiger partial charge on any atom is -0.481 e. The third-order valence-corrected chi connectivity index (χ3v) is 7.57. The van der Waals surface area contributed by atoms with Gasteiger partial charge in [-0.1, -0.05) is 41.6 Å². The third-order valence-electron chi connectivity index (χ3n) is 7.57. The molecule has 1 amide bonds. The molecule has 38 heavy (non-hydrogen) atoms. The highest BCUT2D eigenvalue weighted by atomic mass is 16.4. The Labute approximate surface area is 221 Å². The van der Waals surface area contributed by atoms with Crippen molar-refractivity contribution in [3.05, 3.63) is 110 Å². The van der Waals surface area contributed by atoms with Crippen LogP contribution >= 0.6 is 0 Å². The minimum absolute atomic E-state index is 0.0598. The zero-order valence-electron chi connectivity index (χ0n) is 21.7. The molecule has 0 spiro atoms. The highest BCUT2D eigenvalue weighted by Gasteiger charge is 2.27. The Morgan fingerprint density at radius 3 is 2.26 bits per heavy atom. The Bertz CT molecular complexity index is 1360. The Morgan fingerprint density at radius 1 is 1.00 bits per heavy atom. The molecule has 1 fully saturated rings. The zero-order valence-corrected chi connectivity index (χ0v) is 21.7. The van der Waals surface area contributed by atoms with Gasteiger partial charge in [-0.05, 0) is 72.6 Å². The standard InChI is InChI=1S/C30H33N3O5/c1-20-5-3-4-6-25(20)26(18-27(31-38)24-11-12-28(34)32(2)19-24)22-7-9-23(10-8-22)30(37)33-15-13-21(14-16-33)17-29(35)36/h3-12,19,21,26-27H,13-18H2,1-2H3,(H,35,36). The zero-order chi connectivity index (χ0) is 27.2. The number of hydrogen-bond donors (Lipinski definition) is 1. The first-order chi connectivity index (χ1) is 18.3. The molecule has 1 aliphatic rings. The maximum Gasteiger partial charge on any atom is 0.303 e. The maximum absolute atomic E-state index is 13.1. The van der Waals surface area contributed by atoms with Crippen LogP contribution in [0.25, 0.3) is 0 Å². The fourth-order valence-corrected chi connectivity index (χ4v) is 5.32. The molecule has 3 aromatic rings. The minimum atomic E-state index is -0.795. The van der Waals surface area contributed by atoms with Gasteiger partial charge in [-0.25, -0.2) is 0 Å². The first-order valence-electron chi connectivity index (χ1n) is 12.9. The molecule has 198 valence electrons. The predicted octanol–water partition coefficient (Wildman–Crippen LogP) is 5.05. The van der Waals surface area contributed by atoms with Gasteiger partial charge in [0.2, 0.25) is 5.56 Å². The van der Waals surface area contributed by atoms with E-state index in [0.717, 1.165) is 16.7 Å². The molecule has 2 atom stereocenters. The lowest BCUT2D eigenvalue weighted by Gasteiger charge is -2.31. The second-order valence-electron chi connectivity index (χ2n) is 10.1. The summed E-state index contributed by atoms with van der Waals surface area (Å²) in [6.45, 7) is 3.14. The van der Waals surface area contributed by atoms with E-state index in [1.807, 2.05) is 55.5 Å². The molecule has 8 heteroatoms. The van der Waals surface area contributed by atoms with Gasteiger partial charge in [0.25, 0.3) is 5.91 Å². The van der Waals surface area contributed by atoms with E-state index in [2.05, 4.69) is 5.18 Å². The largest absolute Gasteiger partial charge is 0.481 e. The van der Waals surface area contributed by atoms with Gasteiger partial charge in [0.15, 0.2) is 0 Å². The summed E-state index contributed by atoms with van der Waals surface area (Å²) < 4.78 is 1.45. The normalized spacial score (nSPS) is 15.6. The number of carboxylic acids is 1. The smallest absolute Gasteiger partial charge is 0.303 e. The number of carboxylic acid groups (broad SMARTS) is 1. The number of nitroso groups, excluding NO2 is 1. The lowest BCUT2D eigenvalue weighted by atomic mass is 9.82. The van der Waals surface area contributed by atoms with Gasteiger partial charge < -0.3 is 14.6 Å². The van der Waals surface area contributed by atoms with Gasteiger partial charge >= 0.3 is 5.97 Å². The fraction of sp³-hybridized carbons (Fsp3) is 0.367. The van der Waals surface area contributed by atoms with Gasteiger partial charge in [0.05, 0.1) is 0 Å². The van der Waals surface area contributed by atoms with Crippen molar-refractivity contribution in [1.82, 2.24) is 9.47 Å². The molecule has 8 nitrogen and oxygen atoms in total. The Morgan fingerprint density at radius 2 is 1.66 bits per heavy atom. The molecule has 1 saturated heterocycles. The van der Waals surface area contributed by atoms with E-state index in [1.165, 1.54) is 10.6 Å². The summed E-state index contributed by atoms with van der Waals surface area (Å²) in [5.41, 5.74) is 4.24. The summed E-state index contributed by atoms with van der Waals surface area (Å²) in [5, 5.41) is 12.4. The fourth-order valence-electron chi connectivity index (χ4n) is 5.32. The number of pyridine rings is 1. The first kappa shape index (κ1) is 27.0. The van der Waals surface area contributed by atoms with Gasteiger partial charge in [0, 0.05) is 50.3 Å². The van der Waals surface area contributed by atoms with E-state index >= 15 is 0 Å². The molecule has 0 aliphatic carbocycles. The SMILES string of the molecule is Cc1ccccc1C(CC(N=O)c1ccc(=O)n(C)c1)c1ccc(C(=O)N2CCC(CC(=O)O)CC2)cc1. The van der Waals surface area contributed by atoms with Crippen LogP contribution in [-0.4, -0.2) is 39.5 Å². The van der Waals surface area contributed by atoms with Crippen LogP contribution in [0.3, 0.4) is 0 Å². The van der Waals surface area contributed by atoms with Crippen molar-refractivity contribution in [2.45, 2.75) is 44.6 Å². The number of aryl methyl sites for hydroxylation is 2. The number of rotatable bonds is 9. The van der Waals surface area contributed by atoms with E-state index in [-0.39, 0.29) is 29.7 Å². The van der Waals surface area contributed by atoms with Crippen molar-refractivity contribution in [2.24, 2.45) is 18.1 Å². The maximum atomic E-state index is 13.1. The summed E-state index contributed by atoms with van der Waals surface area (Å²) in [5.74, 6) is -0.889. The van der Waals surface area contributed by atoms with Crippen molar-refractivity contribution in [3.63, 3.8) is 0 Å². The molecule has 4 rings (SSSR count). The van der Waals surface area contributed by atoms with Crippen LogP contribution in [0.15, 0.2) is 76.8 Å². The van der Waals surface area contributed by atoms with Crippen molar-refractivity contribution in [2.75, 3.05) is 13.1 Å². The number of likely N-dealkylation sites (tertiary alicyclic amines) is 1. The predicted molar refractivity (Wildman–Crippen MR) is 145 cm³/mol. The number of amides is 1. The van der Waals surface area contributed by atoms with Crippen molar-refractivity contribution < 1.29 is 14.7 Å². The summed E-state index contributed by atoms with van der Waals surface area (Å²) in [6, 6.07) is 18.0. The molecule has 1 aromatic heterocycles. The van der Waals surface area contributed by atoms with E-state index in [9.17, 15) is 19.3 Å². The summed E-state index contributed by atoms with van der Waals surface area (Å²) in [4.78, 5) is 49.7. The lowest BCUT2D eigenvalue weighted by Crippen LogP contribution is -2.38. The van der Waals surface area contributed by atoms with Crippen LogP contribution in [0.4, 0.5) is 0 Å². The van der Waals surface area contributed by atoms with Crippen molar-refractivity contribution >= 4 is 11.9 Å². The molecule has 2 aromatic carbocycles. The monoisotopic (exact) mass is 515 g/mol. The third kappa shape index (κ3) is 6.25. The summed E-state index contributed by atoms with van der Waals surface area (Å²) in [6.07, 6.45) is 3.60. The number of nitrogens with zero attached hydrogens (tertiary/aromatic N) is 3. The van der Waals surface area contributed by atoms with Crippen LogP contribution in [-0.2, 0) is 11.8 Å². The number of piperidine rings is 1. The number of benzene rings is 2. The highest BCUT2D eigenvalue weighted by Crippen LogP contribution is 2.37. The summed E-state index contributed by atoms with van der Waals surface area (Å²) >= 11 is 0.